The normalized spacial score (nSPS) is 15.4. The van der Waals surface area contributed by atoms with Crippen LogP contribution < -0.4 is 10.6 Å². The summed E-state index contributed by atoms with van der Waals surface area (Å²) < 4.78 is 6.76. The number of esters is 1. The zero-order valence-electron chi connectivity index (χ0n) is 19.6. The SMILES string of the molecule is CCOC(=O)CNc1c(C(C)C)nc2c(C(=O)NC(CC(=O)O)C3CCCCC3)cccn12. The summed E-state index contributed by atoms with van der Waals surface area (Å²) >= 11 is 0. The number of rotatable bonds is 10. The molecule has 1 aliphatic carbocycles. The topological polar surface area (TPSA) is 122 Å². The number of carboxylic acid groups (broad SMARTS) is 1. The van der Waals surface area contributed by atoms with Gasteiger partial charge in [0.25, 0.3) is 5.91 Å². The summed E-state index contributed by atoms with van der Waals surface area (Å²) in [5.41, 5.74) is 1.56. The Kier molecular flexibility index (Phi) is 8.30. The number of hydrogen-bond donors (Lipinski definition) is 3. The maximum absolute atomic E-state index is 13.3. The van der Waals surface area contributed by atoms with E-state index in [9.17, 15) is 19.5 Å². The molecule has 1 atom stereocenters. The first-order chi connectivity index (χ1) is 15.8. The second-order valence-electron chi connectivity index (χ2n) is 8.85. The van der Waals surface area contributed by atoms with Crippen LogP contribution in [0, 0.1) is 5.92 Å². The average Bonchev–Trinajstić information content (AvgIpc) is 3.16. The number of fused-ring (bicyclic) bond motifs is 1. The van der Waals surface area contributed by atoms with E-state index in [1.165, 1.54) is 0 Å². The molecule has 180 valence electrons. The molecule has 1 amide bonds. The maximum atomic E-state index is 13.3. The molecule has 3 N–H and O–H groups in total. The van der Waals surface area contributed by atoms with Crippen LogP contribution in [0.4, 0.5) is 5.82 Å². The molecule has 0 spiro atoms. The van der Waals surface area contributed by atoms with E-state index in [0.717, 1.165) is 37.8 Å². The van der Waals surface area contributed by atoms with Crippen molar-refractivity contribution in [3.05, 3.63) is 29.6 Å². The van der Waals surface area contributed by atoms with Gasteiger partial charge >= 0.3 is 11.9 Å². The highest BCUT2D eigenvalue weighted by Crippen LogP contribution is 2.29. The first-order valence-corrected chi connectivity index (χ1v) is 11.7. The van der Waals surface area contributed by atoms with Crippen molar-refractivity contribution in [3.63, 3.8) is 0 Å². The van der Waals surface area contributed by atoms with Gasteiger partial charge in [-0.05, 0) is 43.7 Å². The summed E-state index contributed by atoms with van der Waals surface area (Å²) in [6, 6.07) is 3.02. The molecule has 3 rings (SSSR count). The van der Waals surface area contributed by atoms with Gasteiger partial charge in [0.05, 0.1) is 24.3 Å². The van der Waals surface area contributed by atoms with Gasteiger partial charge in [-0.25, -0.2) is 4.98 Å². The van der Waals surface area contributed by atoms with Crippen molar-refractivity contribution < 1.29 is 24.2 Å². The first kappa shape index (κ1) is 24.5. The predicted molar refractivity (Wildman–Crippen MR) is 124 cm³/mol. The van der Waals surface area contributed by atoms with E-state index in [1.807, 2.05) is 13.8 Å². The van der Waals surface area contributed by atoms with Gasteiger partial charge in [-0.15, -0.1) is 0 Å². The van der Waals surface area contributed by atoms with Gasteiger partial charge in [-0.1, -0.05) is 33.1 Å². The van der Waals surface area contributed by atoms with Crippen molar-refractivity contribution in [2.75, 3.05) is 18.5 Å². The average molecular weight is 459 g/mol. The lowest BCUT2D eigenvalue weighted by Crippen LogP contribution is -2.42. The molecular weight excluding hydrogens is 424 g/mol. The highest BCUT2D eigenvalue weighted by atomic mass is 16.5. The van der Waals surface area contributed by atoms with Crippen LogP contribution in [0.5, 0.6) is 0 Å². The number of anilines is 1. The van der Waals surface area contributed by atoms with E-state index in [2.05, 4.69) is 10.6 Å². The van der Waals surface area contributed by atoms with Crippen LogP contribution in [0.15, 0.2) is 18.3 Å². The smallest absolute Gasteiger partial charge is 0.325 e. The van der Waals surface area contributed by atoms with E-state index >= 15 is 0 Å². The van der Waals surface area contributed by atoms with Crippen molar-refractivity contribution in [2.45, 2.75) is 71.3 Å². The molecule has 0 saturated heterocycles. The van der Waals surface area contributed by atoms with E-state index in [-0.39, 0.29) is 36.7 Å². The molecule has 1 unspecified atom stereocenters. The zero-order chi connectivity index (χ0) is 24.0. The summed E-state index contributed by atoms with van der Waals surface area (Å²) in [7, 11) is 0. The minimum atomic E-state index is -0.919. The Morgan fingerprint density at radius 1 is 1.24 bits per heavy atom. The number of nitrogens with one attached hydrogen (secondary N) is 2. The van der Waals surface area contributed by atoms with E-state index in [0.29, 0.717) is 23.6 Å². The fourth-order valence-electron chi connectivity index (χ4n) is 4.51. The lowest BCUT2D eigenvalue weighted by molar-refractivity contribution is -0.141. The lowest BCUT2D eigenvalue weighted by Gasteiger charge is -2.30. The van der Waals surface area contributed by atoms with Crippen molar-refractivity contribution in [1.29, 1.82) is 0 Å². The van der Waals surface area contributed by atoms with Gasteiger partial charge in [-0.2, -0.15) is 0 Å². The third-order valence-corrected chi connectivity index (χ3v) is 6.10. The molecule has 2 heterocycles. The molecular formula is C24H34N4O5. The molecule has 0 aliphatic heterocycles. The highest BCUT2D eigenvalue weighted by molar-refractivity contribution is 6.00. The van der Waals surface area contributed by atoms with Gasteiger partial charge in [0.15, 0.2) is 5.65 Å². The molecule has 0 radical (unpaired) electrons. The highest BCUT2D eigenvalue weighted by Gasteiger charge is 2.29. The predicted octanol–water partition coefficient (Wildman–Crippen LogP) is 3.59. The molecule has 1 fully saturated rings. The van der Waals surface area contributed by atoms with Gasteiger partial charge in [0, 0.05) is 12.2 Å². The number of carbonyl (C=O) groups is 3. The summed E-state index contributed by atoms with van der Waals surface area (Å²) in [5, 5.41) is 15.5. The molecule has 1 saturated carbocycles. The lowest BCUT2D eigenvalue weighted by atomic mass is 9.82. The van der Waals surface area contributed by atoms with Crippen molar-refractivity contribution in [3.8, 4) is 0 Å². The minimum Gasteiger partial charge on any atom is -0.481 e. The van der Waals surface area contributed by atoms with Crippen molar-refractivity contribution >= 4 is 29.3 Å². The zero-order valence-corrected chi connectivity index (χ0v) is 19.6. The summed E-state index contributed by atoms with van der Waals surface area (Å²) in [6.45, 7) is 6.02. The van der Waals surface area contributed by atoms with Gasteiger partial charge in [0.1, 0.15) is 12.4 Å². The third-order valence-electron chi connectivity index (χ3n) is 6.10. The van der Waals surface area contributed by atoms with Crippen LogP contribution in [0.25, 0.3) is 5.65 Å². The molecule has 2 aromatic rings. The molecule has 1 aliphatic rings. The Bertz CT molecular complexity index is 994. The Morgan fingerprint density at radius 3 is 2.61 bits per heavy atom. The molecule has 0 bridgehead atoms. The number of pyridine rings is 1. The van der Waals surface area contributed by atoms with Crippen LogP contribution in [0.3, 0.4) is 0 Å². The Hall–Kier alpha value is -3.10. The number of aliphatic carboxylic acids is 1. The van der Waals surface area contributed by atoms with Crippen LogP contribution in [-0.2, 0) is 14.3 Å². The van der Waals surface area contributed by atoms with E-state index in [4.69, 9.17) is 9.72 Å². The second-order valence-corrected chi connectivity index (χ2v) is 8.85. The number of carbonyl (C=O) groups excluding carboxylic acids is 2. The monoisotopic (exact) mass is 458 g/mol. The number of nitrogens with zero attached hydrogens (tertiary/aromatic N) is 2. The maximum Gasteiger partial charge on any atom is 0.325 e. The first-order valence-electron chi connectivity index (χ1n) is 11.7. The van der Waals surface area contributed by atoms with Crippen molar-refractivity contribution in [1.82, 2.24) is 14.7 Å². The third kappa shape index (κ3) is 6.03. The number of amides is 1. The van der Waals surface area contributed by atoms with Crippen LogP contribution in [0.2, 0.25) is 0 Å². The quantitative estimate of drug-likeness (QED) is 0.465. The minimum absolute atomic E-state index is 0.0137. The fraction of sp³-hybridized carbons (Fsp3) is 0.583. The molecule has 9 nitrogen and oxygen atoms in total. The molecule has 2 aromatic heterocycles. The Balaban J connectivity index is 1.90. The summed E-state index contributed by atoms with van der Waals surface area (Å²) in [4.78, 5) is 41.3. The Morgan fingerprint density at radius 2 is 1.97 bits per heavy atom. The second kappa shape index (κ2) is 11.2. The number of imidazole rings is 1. The summed E-state index contributed by atoms with van der Waals surface area (Å²) in [5.74, 6) is -0.789. The summed E-state index contributed by atoms with van der Waals surface area (Å²) in [6.07, 6.45) is 6.79. The van der Waals surface area contributed by atoms with Gasteiger partial charge < -0.3 is 20.5 Å². The molecule has 33 heavy (non-hydrogen) atoms. The molecule has 9 heteroatoms. The number of ether oxygens (including phenoxy) is 1. The number of aromatic nitrogens is 2. The standard InChI is InChI=1S/C24H34N4O5/c1-4-33-20(31)14-25-23-21(15(2)3)27-22-17(11-8-12-28(22)23)24(32)26-18(13-19(29)30)16-9-6-5-7-10-16/h8,11-12,15-16,18,25H,4-7,9-10,13-14H2,1-3H3,(H,26,32)(H,29,30). The van der Waals surface area contributed by atoms with Gasteiger partial charge in [-0.3, -0.25) is 18.8 Å². The van der Waals surface area contributed by atoms with Crippen LogP contribution in [0.1, 0.15) is 81.3 Å². The number of carboxylic acids is 1. The van der Waals surface area contributed by atoms with Crippen LogP contribution in [-0.4, -0.2) is 51.5 Å². The Labute approximate surface area is 193 Å². The van der Waals surface area contributed by atoms with Crippen LogP contribution >= 0.6 is 0 Å². The number of hydrogen-bond acceptors (Lipinski definition) is 6. The van der Waals surface area contributed by atoms with E-state index in [1.54, 1.807) is 29.7 Å². The van der Waals surface area contributed by atoms with E-state index < -0.39 is 12.0 Å². The van der Waals surface area contributed by atoms with Gasteiger partial charge in [0.2, 0.25) is 0 Å². The molecule has 0 aromatic carbocycles. The largest absolute Gasteiger partial charge is 0.481 e. The fourth-order valence-corrected chi connectivity index (χ4v) is 4.51. The van der Waals surface area contributed by atoms with Crippen molar-refractivity contribution in [2.24, 2.45) is 5.92 Å².